The zero-order valence-corrected chi connectivity index (χ0v) is 10.3. The van der Waals surface area contributed by atoms with Gasteiger partial charge >= 0.3 is 0 Å². The maximum atomic E-state index is 3.93. The molecule has 0 fully saturated rings. The Morgan fingerprint density at radius 2 is 2.12 bits per heavy atom. The highest BCUT2D eigenvalue weighted by atomic mass is 14.0. The molecular weight excluding hydrogens is 192 g/mol. The van der Waals surface area contributed by atoms with Gasteiger partial charge in [0.2, 0.25) is 0 Å². The largest absolute Gasteiger partial charge is 0.100 e. The first-order chi connectivity index (χ1) is 7.63. The van der Waals surface area contributed by atoms with E-state index >= 15 is 0 Å². The number of aryl methyl sites for hydroxylation is 2. The van der Waals surface area contributed by atoms with E-state index in [0.717, 1.165) is 12.8 Å². The second-order valence-corrected chi connectivity index (χ2v) is 4.24. The SMILES string of the molecule is C=C/C=C\c1cc(CCC(=C)C)ccc1C. The van der Waals surface area contributed by atoms with Crippen molar-refractivity contribution in [2.24, 2.45) is 0 Å². The predicted octanol–water partition coefficient (Wildman–Crippen LogP) is 4.70. The highest BCUT2D eigenvalue weighted by molar-refractivity contribution is 5.56. The number of hydrogen-bond acceptors (Lipinski definition) is 0. The van der Waals surface area contributed by atoms with Crippen LogP contribution in [0.3, 0.4) is 0 Å². The van der Waals surface area contributed by atoms with Gasteiger partial charge < -0.3 is 0 Å². The summed E-state index contributed by atoms with van der Waals surface area (Å²) in [6.45, 7) is 11.8. The van der Waals surface area contributed by atoms with Crippen molar-refractivity contribution >= 4 is 6.08 Å². The van der Waals surface area contributed by atoms with Gasteiger partial charge in [-0.1, -0.05) is 48.6 Å². The number of hydrogen-bond donors (Lipinski definition) is 0. The second kappa shape index (κ2) is 6.12. The minimum atomic E-state index is 1.06. The van der Waals surface area contributed by atoms with Crippen LogP contribution in [0.1, 0.15) is 30.0 Å². The topological polar surface area (TPSA) is 0 Å². The van der Waals surface area contributed by atoms with Gasteiger partial charge in [0.25, 0.3) is 0 Å². The normalized spacial score (nSPS) is 10.6. The molecule has 0 saturated carbocycles. The van der Waals surface area contributed by atoms with Crippen molar-refractivity contribution in [2.45, 2.75) is 26.7 Å². The third-order valence-electron chi connectivity index (χ3n) is 2.60. The fourth-order valence-corrected chi connectivity index (χ4v) is 1.55. The van der Waals surface area contributed by atoms with E-state index in [2.05, 4.69) is 51.3 Å². The van der Waals surface area contributed by atoms with Crippen LogP contribution in [-0.2, 0) is 6.42 Å². The summed E-state index contributed by atoms with van der Waals surface area (Å²) < 4.78 is 0. The Kier molecular flexibility index (Phi) is 4.78. The molecule has 0 atom stereocenters. The van der Waals surface area contributed by atoms with Gasteiger partial charge in [0.15, 0.2) is 0 Å². The van der Waals surface area contributed by atoms with Crippen molar-refractivity contribution in [3.8, 4) is 0 Å². The van der Waals surface area contributed by atoms with Crippen LogP contribution in [0.25, 0.3) is 6.08 Å². The van der Waals surface area contributed by atoms with Crippen LogP contribution in [0.5, 0.6) is 0 Å². The second-order valence-electron chi connectivity index (χ2n) is 4.24. The third-order valence-corrected chi connectivity index (χ3v) is 2.60. The van der Waals surface area contributed by atoms with E-state index in [-0.39, 0.29) is 0 Å². The Labute approximate surface area is 99.0 Å². The Morgan fingerprint density at radius 1 is 1.38 bits per heavy atom. The Morgan fingerprint density at radius 3 is 2.75 bits per heavy atom. The summed E-state index contributed by atoms with van der Waals surface area (Å²) in [6, 6.07) is 6.62. The van der Waals surface area contributed by atoms with E-state index in [0.29, 0.717) is 0 Å². The molecule has 16 heavy (non-hydrogen) atoms. The average Bonchev–Trinajstić information content (AvgIpc) is 2.26. The minimum absolute atomic E-state index is 1.06. The van der Waals surface area contributed by atoms with Gasteiger partial charge in [-0.15, -0.1) is 6.58 Å². The van der Waals surface area contributed by atoms with Crippen LogP contribution in [0.4, 0.5) is 0 Å². The maximum absolute atomic E-state index is 3.93. The van der Waals surface area contributed by atoms with E-state index < -0.39 is 0 Å². The lowest BCUT2D eigenvalue weighted by Crippen LogP contribution is -1.89. The fourth-order valence-electron chi connectivity index (χ4n) is 1.55. The highest BCUT2D eigenvalue weighted by Gasteiger charge is 1.98. The van der Waals surface area contributed by atoms with E-state index in [9.17, 15) is 0 Å². The molecule has 0 unspecified atom stereocenters. The lowest BCUT2D eigenvalue weighted by Gasteiger charge is -2.05. The first-order valence-electron chi connectivity index (χ1n) is 5.66. The molecule has 84 valence electrons. The van der Waals surface area contributed by atoms with Crippen molar-refractivity contribution in [2.75, 3.05) is 0 Å². The zero-order chi connectivity index (χ0) is 12.0. The van der Waals surface area contributed by atoms with Crippen LogP contribution in [0.15, 0.2) is 49.1 Å². The summed E-state index contributed by atoms with van der Waals surface area (Å²) in [6.07, 6.45) is 8.02. The van der Waals surface area contributed by atoms with Gasteiger partial charge in [0.1, 0.15) is 0 Å². The Balaban J connectivity index is 2.84. The van der Waals surface area contributed by atoms with Gasteiger partial charge in [0, 0.05) is 0 Å². The lowest BCUT2D eigenvalue weighted by atomic mass is 10.0. The Bertz CT molecular complexity index is 408. The number of rotatable bonds is 5. The molecule has 0 aliphatic rings. The average molecular weight is 212 g/mol. The molecule has 0 spiro atoms. The molecule has 0 nitrogen and oxygen atoms in total. The maximum Gasteiger partial charge on any atom is -0.0225 e. The molecular formula is C16H20. The summed E-state index contributed by atoms with van der Waals surface area (Å²) in [5.74, 6) is 0. The number of benzene rings is 1. The van der Waals surface area contributed by atoms with Crippen molar-refractivity contribution in [1.29, 1.82) is 0 Å². The molecule has 0 saturated heterocycles. The fraction of sp³-hybridized carbons (Fsp3) is 0.250. The van der Waals surface area contributed by atoms with Gasteiger partial charge in [-0.25, -0.2) is 0 Å². The first kappa shape index (κ1) is 12.5. The molecule has 1 rings (SSSR count). The van der Waals surface area contributed by atoms with Gasteiger partial charge in [-0.2, -0.15) is 0 Å². The molecule has 0 aliphatic heterocycles. The van der Waals surface area contributed by atoms with Crippen LogP contribution in [0.2, 0.25) is 0 Å². The molecule has 0 N–H and O–H groups in total. The van der Waals surface area contributed by atoms with Gasteiger partial charge in [0.05, 0.1) is 0 Å². The van der Waals surface area contributed by atoms with Crippen molar-refractivity contribution in [3.05, 3.63) is 65.8 Å². The van der Waals surface area contributed by atoms with Crippen molar-refractivity contribution in [3.63, 3.8) is 0 Å². The molecule has 1 aromatic rings. The highest BCUT2D eigenvalue weighted by Crippen LogP contribution is 2.15. The van der Waals surface area contributed by atoms with Crippen LogP contribution >= 0.6 is 0 Å². The Hall–Kier alpha value is -1.56. The number of allylic oxidation sites excluding steroid dienone is 3. The smallest absolute Gasteiger partial charge is 0.0225 e. The lowest BCUT2D eigenvalue weighted by molar-refractivity contribution is 0.944. The molecule has 0 bridgehead atoms. The molecule has 1 aromatic carbocycles. The van der Waals surface area contributed by atoms with Crippen molar-refractivity contribution < 1.29 is 0 Å². The van der Waals surface area contributed by atoms with E-state index in [1.54, 1.807) is 6.08 Å². The van der Waals surface area contributed by atoms with Crippen LogP contribution in [-0.4, -0.2) is 0 Å². The molecule has 0 heterocycles. The van der Waals surface area contributed by atoms with Crippen LogP contribution in [0, 0.1) is 6.92 Å². The van der Waals surface area contributed by atoms with E-state index in [4.69, 9.17) is 0 Å². The minimum Gasteiger partial charge on any atom is -0.100 e. The summed E-state index contributed by atoms with van der Waals surface area (Å²) in [5, 5.41) is 0. The van der Waals surface area contributed by atoms with E-state index in [1.165, 1.54) is 22.3 Å². The monoisotopic (exact) mass is 212 g/mol. The van der Waals surface area contributed by atoms with Crippen LogP contribution < -0.4 is 0 Å². The third kappa shape index (κ3) is 3.90. The van der Waals surface area contributed by atoms with Gasteiger partial charge in [-0.05, 0) is 43.4 Å². The van der Waals surface area contributed by atoms with Crippen molar-refractivity contribution in [1.82, 2.24) is 0 Å². The van der Waals surface area contributed by atoms with Gasteiger partial charge in [-0.3, -0.25) is 0 Å². The zero-order valence-electron chi connectivity index (χ0n) is 10.3. The molecule has 0 amide bonds. The summed E-state index contributed by atoms with van der Waals surface area (Å²) in [7, 11) is 0. The molecule has 0 heteroatoms. The summed E-state index contributed by atoms with van der Waals surface area (Å²) in [5.41, 5.74) is 5.19. The quantitative estimate of drug-likeness (QED) is 0.490. The molecule has 0 aliphatic carbocycles. The van der Waals surface area contributed by atoms with E-state index in [1.807, 2.05) is 6.08 Å². The molecule has 0 aromatic heterocycles. The summed E-state index contributed by atoms with van der Waals surface area (Å²) in [4.78, 5) is 0. The summed E-state index contributed by atoms with van der Waals surface area (Å²) >= 11 is 0. The predicted molar refractivity (Wildman–Crippen MR) is 73.5 cm³/mol. The standard InChI is InChI=1S/C16H20/c1-5-6-7-16-12-15(10-8-13(2)3)11-9-14(16)4/h5-7,9,11-12H,1-2,8,10H2,3-4H3/b7-6-. The first-order valence-corrected chi connectivity index (χ1v) is 5.66. The molecule has 0 radical (unpaired) electrons.